The van der Waals surface area contributed by atoms with Crippen molar-refractivity contribution in [3.63, 3.8) is 0 Å². The summed E-state index contributed by atoms with van der Waals surface area (Å²) in [4.78, 5) is 0. The number of hydrogen-bond acceptors (Lipinski definition) is 5. The van der Waals surface area contributed by atoms with Gasteiger partial charge in [0.1, 0.15) is 12.2 Å². The van der Waals surface area contributed by atoms with Crippen molar-refractivity contribution >= 4 is 23.5 Å². The van der Waals surface area contributed by atoms with E-state index in [4.69, 9.17) is 14.2 Å². The lowest BCUT2D eigenvalue weighted by atomic mass is 10.1. The van der Waals surface area contributed by atoms with E-state index in [0.717, 1.165) is 23.5 Å². The molecule has 36 heavy (non-hydrogen) atoms. The van der Waals surface area contributed by atoms with Gasteiger partial charge in [-0.05, 0) is 34.6 Å². The first-order valence-electron chi connectivity index (χ1n) is 12.9. The van der Waals surface area contributed by atoms with E-state index in [1.54, 1.807) is 0 Å². The highest BCUT2D eigenvalue weighted by Gasteiger charge is 2.37. The first-order chi connectivity index (χ1) is 17.7. The van der Waals surface area contributed by atoms with Crippen LogP contribution in [0.2, 0.25) is 0 Å². The predicted octanol–water partition coefficient (Wildman–Crippen LogP) is 7.98. The summed E-state index contributed by atoms with van der Waals surface area (Å²) >= 11 is 3.88. The molecule has 0 fully saturated rings. The molecule has 0 aliphatic heterocycles. The van der Waals surface area contributed by atoms with Crippen LogP contribution in [0.15, 0.2) is 91.0 Å². The van der Waals surface area contributed by atoms with Crippen molar-refractivity contribution in [2.75, 3.05) is 11.5 Å². The Morgan fingerprint density at radius 3 is 1.31 bits per heavy atom. The van der Waals surface area contributed by atoms with Crippen LogP contribution in [-0.4, -0.2) is 34.4 Å². The van der Waals surface area contributed by atoms with Crippen molar-refractivity contribution in [2.45, 2.75) is 69.9 Å². The Kier molecular flexibility index (Phi) is 13.5. The molecule has 0 bridgehead atoms. The largest absolute Gasteiger partial charge is 0.371 e. The Hall–Kier alpha value is -1.76. The first-order valence-corrected chi connectivity index (χ1v) is 15.0. The molecule has 0 spiro atoms. The highest BCUT2D eigenvalue weighted by Crippen LogP contribution is 2.34. The van der Waals surface area contributed by atoms with Crippen LogP contribution < -0.4 is 0 Å². The molecule has 3 aromatic carbocycles. The van der Waals surface area contributed by atoms with Crippen LogP contribution in [0, 0.1) is 0 Å². The molecular formula is C31H40O3S2. The molecule has 0 unspecified atom stereocenters. The molecule has 3 nitrogen and oxygen atoms in total. The standard InChI is InChI=1S/C31H40O3S2/c1-4-28(32-22-25-16-10-7-11-17-25)29(33-23-26-18-12-8-13-19-26)30(31(35-5-2)36-6-3)34-24-27-20-14-9-15-21-27/h7-21,28-31H,4-6,22-24H2,1-3H3/t28-,29+,30+/m1/s1. The summed E-state index contributed by atoms with van der Waals surface area (Å²) in [7, 11) is 0. The van der Waals surface area contributed by atoms with Crippen molar-refractivity contribution < 1.29 is 14.2 Å². The highest BCUT2D eigenvalue weighted by molar-refractivity contribution is 8.17. The zero-order valence-electron chi connectivity index (χ0n) is 21.8. The minimum absolute atomic E-state index is 0.0906. The second-order valence-corrected chi connectivity index (χ2v) is 11.7. The van der Waals surface area contributed by atoms with Crippen molar-refractivity contribution in [1.29, 1.82) is 0 Å². The average molecular weight is 525 g/mol. The number of ether oxygens (including phenoxy) is 3. The van der Waals surface area contributed by atoms with Crippen LogP contribution >= 0.6 is 23.5 Å². The Morgan fingerprint density at radius 2 is 0.917 bits per heavy atom. The van der Waals surface area contributed by atoms with Crippen LogP contribution in [0.4, 0.5) is 0 Å². The van der Waals surface area contributed by atoms with Crippen LogP contribution in [0.25, 0.3) is 0 Å². The fraction of sp³-hybridized carbons (Fsp3) is 0.419. The van der Waals surface area contributed by atoms with E-state index in [-0.39, 0.29) is 22.9 Å². The maximum Gasteiger partial charge on any atom is 0.112 e. The smallest absolute Gasteiger partial charge is 0.112 e. The zero-order valence-corrected chi connectivity index (χ0v) is 23.4. The topological polar surface area (TPSA) is 27.7 Å². The zero-order chi connectivity index (χ0) is 25.4. The van der Waals surface area contributed by atoms with E-state index in [1.165, 1.54) is 11.1 Å². The third-order valence-electron chi connectivity index (χ3n) is 5.90. The van der Waals surface area contributed by atoms with Gasteiger partial charge in [0.25, 0.3) is 0 Å². The van der Waals surface area contributed by atoms with Crippen molar-refractivity contribution in [3.8, 4) is 0 Å². The quantitative estimate of drug-likeness (QED) is 0.167. The monoisotopic (exact) mass is 524 g/mol. The van der Waals surface area contributed by atoms with Gasteiger partial charge in [-0.1, -0.05) is 112 Å². The molecule has 3 aromatic rings. The first kappa shape index (κ1) is 28.8. The molecule has 0 heterocycles. The maximum absolute atomic E-state index is 6.73. The highest BCUT2D eigenvalue weighted by atomic mass is 32.2. The van der Waals surface area contributed by atoms with E-state index < -0.39 is 0 Å². The SMILES string of the molecule is CCSC(SCC)[C@@H](OCc1ccccc1)[C@@H](OCc1ccccc1)[C@@H](CC)OCc1ccccc1. The maximum atomic E-state index is 6.73. The van der Waals surface area contributed by atoms with E-state index in [1.807, 2.05) is 41.7 Å². The molecular weight excluding hydrogens is 484 g/mol. The lowest BCUT2D eigenvalue weighted by molar-refractivity contribution is -0.147. The van der Waals surface area contributed by atoms with Gasteiger partial charge in [0.2, 0.25) is 0 Å². The summed E-state index contributed by atoms with van der Waals surface area (Å²) in [6.07, 6.45) is 0.431. The van der Waals surface area contributed by atoms with Gasteiger partial charge < -0.3 is 14.2 Å². The van der Waals surface area contributed by atoms with E-state index in [0.29, 0.717) is 19.8 Å². The van der Waals surface area contributed by atoms with Gasteiger partial charge in [0, 0.05) is 0 Å². The molecule has 0 amide bonds. The average Bonchev–Trinajstić information content (AvgIpc) is 2.93. The molecule has 3 atom stereocenters. The number of benzene rings is 3. The van der Waals surface area contributed by atoms with Gasteiger partial charge in [0.05, 0.1) is 30.5 Å². The number of hydrogen-bond donors (Lipinski definition) is 0. The molecule has 5 heteroatoms. The summed E-state index contributed by atoms with van der Waals surface area (Å²) in [5.41, 5.74) is 3.50. The second kappa shape index (κ2) is 16.9. The van der Waals surface area contributed by atoms with Crippen LogP contribution in [0.1, 0.15) is 43.9 Å². The summed E-state index contributed by atoms with van der Waals surface area (Å²) in [5, 5.41) is 0. The minimum atomic E-state index is -0.203. The molecule has 0 aliphatic carbocycles. The van der Waals surface area contributed by atoms with Crippen LogP contribution in [0.5, 0.6) is 0 Å². The molecule has 0 aliphatic rings. The lowest BCUT2D eigenvalue weighted by Gasteiger charge is -2.37. The normalized spacial score (nSPS) is 14.0. The van der Waals surface area contributed by atoms with Crippen LogP contribution in [-0.2, 0) is 34.0 Å². The Balaban J connectivity index is 1.86. The van der Waals surface area contributed by atoms with Gasteiger partial charge in [-0.3, -0.25) is 0 Å². The van der Waals surface area contributed by atoms with Gasteiger partial charge in [0.15, 0.2) is 0 Å². The molecule has 0 saturated heterocycles. The van der Waals surface area contributed by atoms with Crippen LogP contribution in [0.3, 0.4) is 0 Å². The van der Waals surface area contributed by atoms with Gasteiger partial charge in [-0.2, -0.15) is 0 Å². The third-order valence-corrected chi connectivity index (χ3v) is 8.58. The second-order valence-electron chi connectivity index (χ2n) is 8.54. The van der Waals surface area contributed by atoms with Crippen molar-refractivity contribution in [2.24, 2.45) is 0 Å². The molecule has 0 N–H and O–H groups in total. The molecule has 194 valence electrons. The van der Waals surface area contributed by atoms with Gasteiger partial charge in [-0.15, -0.1) is 23.5 Å². The molecule has 0 radical (unpaired) electrons. The minimum Gasteiger partial charge on any atom is -0.371 e. The number of thioether (sulfide) groups is 2. The summed E-state index contributed by atoms with van der Waals surface area (Å²) in [5.74, 6) is 2.05. The molecule has 0 aromatic heterocycles. The van der Waals surface area contributed by atoms with Gasteiger partial charge >= 0.3 is 0 Å². The fourth-order valence-corrected chi connectivity index (χ4v) is 6.77. The van der Waals surface area contributed by atoms with Crippen molar-refractivity contribution in [1.82, 2.24) is 0 Å². The summed E-state index contributed by atoms with van der Waals surface area (Å²) in [6, 6.07) is 31.2. The Labute approximate surface area is 226 Å². The third kappa shape index (κ3) is 9.60. The van der Waals surface area contributed by atoms with Gasteiger partial charge in [-0.25, -0.2) is 0 Å². The van der Waals surface area contributed by atoms with E-state index >= 15 is 0 Å². The molecule has 3 rings (SSSR count). The Bertz CT molecular complexity index is 934. The van der Waals surface area contributed by atoms with Crippen molar-refractivity contribution in [3.05, 3.63) is 108 Å². The summed E-state index contributed by atoms with van der Waals surface area (Å²) < 4.78 is 20.2. The number of rotatable bonds is 17. The predicted molar refractivity (Wildman–Crippen MR) is 155 cm³/mol. The lowest BCUT2D eigenvalue weighted by Crippen LogP contribution is -2.46. The molecule has 0 saturated carbocycles. The Morgan fingerprint density at radius 1 is 0.528 bits per heavy atom. The van der Waals surface area contributed by atoms with E-state index in [9.17, 15) is 0 Å². The fourth-order valence-electron chi connectivity index (χ4n) is 4.06. The van der Waals surface area contributed by atoms with E-state index in [2.05, 4.69) is 93.6 Å². The summed E-state index contributed by atoms with van der Waals surface area (Å²) in [6.45, 7) is 8.25.